The quantitative estimate of drug-likeness (QED) is 0.329. The first-order chi connectivity index (χ1) is 16.5. The van der Waals surface area contributed by atoms with Crippen molar-refractivity contribution in [2.75, 3.05) is 11.9 Å². The Balaban J connectivity index is 1.22. The largest absolute Gasteiger partial charge is 0.441 e. The van der Waals surface area contributed by atoms with E-state index in [9.17, 15) is 13.2 Å². The molecule has 3 aromatic heterocycles. The fraction of sp³-hybridized carbons (Fsp3) is 0.0870. The minimum atomic E-state index is -3.69. The number of carbonyl (C=O) groups is 1. The van der Waals surface area contributed by atoms with Crippen LogP contribution in [0.3, 0.4) is 0 Å². The predicted molar refractivity (Wildman–Crippen MR) is 127 cm³/mol. The van der Waals surface area contributed by atoms with Crippen LogP contribution in [0.15, 0.2) is 86.1 Å². The summed E-state index contributed by atoms with van der Waals surface area (Å²) in [6.45, 7) is 0.103. The highest BCUT2D eigenvalue weighted by atomic mass is 32.2. The van der Waals surface area contributed by atoms with E-state index in [1.165, 1.54) is 12.3 Å². The summed E-state index contributed by atoms with van der Waals surface area (Å²) in [5.74, 6) is 0.618. The van der Waals surface area contributed by atoms with Crippen LogP contribution in [0.2, 0.25) is 0 Å². The number of anilines is 1. The molecule has 0 aliphatic heterocycles. The van der Waals surface area contributed by atoms with Gasteiger partial charge in [-0.05, 0) is 42.5 Å². The molecule has 9 nitrogen and oxygen atoms in total. The zero-order valence-electron chi connectivity index (χ0n) is 17.6. The molecule has 0 saturated carbocycles. The lowest BCUT2D eigenvalue weighted by atomic mass is 10.2. The molecule has 0 bridgehead atoms. The normalized spacial score (nSPS) is 11.6. The fourth-order valence-corrected chi connectivity index (χ4v) is 5.59. The topological polar surface area (TPSA) is 127 Å². The van der Waals surface area contributed by atoms with Crippen molar-refractivity contribution in [2.45, 2.75) is 10.6 Å². The van der Waals surface area contributed by atoms with Gasteiger partial charge in [-0.2, -0.15) is 0 Å². The predicted octanol–water partition coefficient (Wildman–Crippen LogP) is 4.32. The van der Waals surface area contributed by atoms with Crippen LogP contribution in [0, 0.1) is 0 Å². The van der Waals surface area contributed by atoms with Crippen LogP contribution in [0.25, 0.3) is 21.7 Å². The molecule has 2 aromatic carbocycles. The summed E-state index contributed by atoms with van der Waals surface area (Å²) < 4.78 is 38.7. The number of para-hydroxylation sites is 1. The summed E-state index contributed by atoms with van der Waals surface area (Å²) in [6.07, 6.45) is 1.75. The number of fused-ring (bicyclic) bond motifs is 1. The highest BCUT2D eigenvalue weighted by Gasteiger charge is 2.19. The van der Waals surface area contributed by atoms with Gasteiger partial charge in [-0.1, -0.05) is 23.4 Å². The fourth-order valence-electron chi connectivity index (χ4n) is 3.25. The smallest absolute Gasteiger partial charge is 0.255 e. The number of thiophene rings is 1. The van der Waals surface area contributed by atoms with Gasteiger partial charge in [0, 0.05) is 30.3 Å². The zero-order valence-corrected chi connectivity index (χ0v) is 19.2. The van der Waals surface area contributed by atoms with E-state index in [1.54, 1.807) is 42.5 Å². The Hall–Kier alpha value is -3.80. The molecule has 0 aliphatic rings. The Morgan fingerprint density at radius 2 is 1.88 bits per heavy atom. The van der Waals surface area contributed by atoms with Crippen molar-refractivity contribution >= 4 is 44.1 Å². The van der Waals surface area contributed by atoms with Gasteiger partial charge >= 0.3 is 0 Å². The zero-order chi connectivity index (χ0) is 23.5. The molecule has 34 heavy (non-hydrogen) atoms. The van der Waals surface area contributed by atoms with Gasteiger partial charge in [0.05, 0.1) is 11.1 Å². The van der Waals surface area contributed by atoms with E-state index in [-0.39, 0.29) is 23.1 Å². The van der Waals surface area contributed by atoms with Gasteiger partial charge in [0.1, 0.15) is 9.73 Å². The first kappa shape index (κ1) is 22.0. The third-order valence-electron chi connectivity index (χ3n) is 4.88. The molecule has 172 valence electrons. The van der Waals surface area contributed by atoms with Crippen molar-refractivity contribution in [2.24, 2.45) is 0 Å². The molecule has 2 N–H and O–H groups in total. The summed E-state index contributed by atoms with van der Waals surface area (Å²) in [7, 11) is -3.69. The molecule has 0 atom stereocenters. The van der Waals surface area contributed by atoms with Crippen molar-refractivity contribution in [1.29, 1.82) is 0 Å². The molecule has 0 fully saturated rings. The number of nitrogens with one attached hydrogen (secondary N) is 2. The molecular weight excluding hydrogens is 476 g/mol. The number of nitrogens with zero attached hydrogens (tertiary/aromatic N) is 2. The Morgan fingerprint density at radius 1 is 1.03 bits per heavy atom. The van der Waals surface area contributed by atoms with Crippen LogP contribution in [0.4, 0.5) is 5.69 Å². The monoisotopic (exact) mass is 494 g/mol. The maximum absolute atomic E-state index is 12.6. The molecule has 0 radical (unpaired) electrons. The number of sulfonamides is 1. The summed E-state index contributed by atoms with van der Waals surface area (Å²) in [4.78, 5) is 17.6. The molecule has 0 aliphatic carbocycles. The molecule has 1 amide bonds. The number of aromatic nitrogens is 2. The second-order valence-corrected chi connectivity index (χ2v) is 10.3. The summed E-state index contributed by atoms with van der Waals surface area (Å²) in [6, 6.07) is 19.0. The SMILES string of the molecule is O=C(Nc1ccccc1)c1ccc2oc(CCNS(=O)(=O)c3ccc(-c4ccno4)s3)nc2c1. The van der Waals surface area contributed by atoms with Crippen LogP contribution in [-0.2, 0) is 16.4 Å². The van der Waals surface area contributed by atoms with Gasteiger partial charge in [0.15, 0.2) is 17.2 Å². The molecular formula is C23H18N4O5S2. The van der Waals surface area contributed by atoms with Crippen LogP contribution in [0.5, 0.6) is 0 Å². The van der Waals surface area contributed by atoms with Crippen molar-refractivity contribution in [3.63, 3.8) is 0 Å². The summed E-state index contributed by atoms with van der Waals surface area (Å²) in [5.41, 5.74) is 2.18. The number of amides is 1. The van der Waals surface area contributed by atoms with Crippen molar-refractivity contribution in [3.05, 3.63) is 84.4 Å². The summed E-state index contributed by atoms with van der Waals surface area (Å²) >= 11 is 1.09. The second kappa shape index (κ2) is 9.21. The molecule has 3 heterocycles. The molecule has 5 aromatic rings. The molecule has 11 heteroatoms. The van der Waals surface area contributed by atoms with E-state index in [0.717, 1.165) is 11.3 Å². The van der Waals surface area contributed by atoms with E-state index in [2.05, 4.69) is 20.2 Å². The Labute approximate surface area is 198 Å². The Morgan fingerprint density at radius 3 is 2.68 bits per heavy atom. The average molecular weight is 495 g/mol. The molecule has 5 rings (SSSR count). The first-order valence-electron chi connectivity index (χ1n) is 10.2. The van der Waals surface area contributed by atoms with Gasteiger partial charge in [-0.25, -0.2) is 18.1 Å². The van der Waals surface area contributed by atoms with E-state index in [0.29, 0.717) is 38.9 Å². The van der Waals surface area contributed by atoms with Gasteiger partial charge in [-0.3, -0.25) is 4.79 Å². The van der Waals surface area contributed by atoms with E-state index in [4.69, 9.17) is 8.94 Å². The van der Waals surface area contributed by atoms with E-state index >= 15 is 0 Å². The van der Waals surface area contributed by atoms with Crippen LogP contribution >= 0.6 is 11.3 Å². The second-order valence-electron chi connectivity index (χ2n) is 7.25. The van der Waals surface area contributed by atoms with Gasteiger partial charge in [0.2, 0.25) is 10.0 Å². The maximum Gasteiger partial charge on any atom is 0.255 e. The molecule has 0 unspecified atom stereocenters. The number of oxazole rings is 1. The Kier molecular flexibility index (Phi) is 5.97. The highest BCUT2D eigenvalue weighted by molar-refractivity contribution is 7.91. The maximum atomic E-state index is 12.6. The van der Waals surface area contributed by atoms with Crippen LogP contribution in [-0.4, -0.2) is 31.0 Å². The average Bonchev–Trinajstić information content (AvgIpc) is 3.59. The number of rotatable bonds is 8. The number of carbonyl (C=O) groups excluding carboxylic acids is 1. The van der Waals surface area contributed by atoms with Crippen LogP contribution < -0.4 is 10.0 Å². The third-order valence-corrected chi connectivity index (χ3v) is 7.94. The highest BCUT2D eigenvalue weighted by Crippen LogP contribution is 2.30. The van der Waals surface area contributed by atoms with Gasteiger partial charge < -0.3 is 14.3 Å². The van der Waals surface area contributed by atoms with Gasteiger partial charge in [-0.15, -0.1) is 11.3 Å². The van der Waals surface area contributed by atoms with Gasteiger partial charge in [0.25, 0.3) is 5.91 Å². The number of benzene rings is 2. The van der Waals surface area contributed by atoms with E-state index in [1.807, 2.05) is 18.2 Å². The summed E-state index contributed by atoms with van der Waals surface area (Å²) in [5, 5.41) is 6.46. The van der Waals surface area contributed by atoms with Crippen molar-refractivity contribution < 1.29 is 22.2 Å². The lowest BCUT2D eigenvalue weighted by Gasteiger charge is -2.04. The minimum absolute atomic E-state index is 0.103. The molecule has 0 saturated heterocycles. The van der Waals surface area contributed by atoms with Crippen molar-refractivity contribution in [3.8, 4) is 10.6 Å². The number of hydrogen-bond acceptors (Lipinski definition) is 8. The first-order valence-corrected chi connectivity index (χ1v) is 12.5. The molecule has 0 spiro atoms. The lowest BCUT2D eigenvalue weighted by Crippen LogP contribution is -2.25. The minimum Gasteiger partial charge on any atom is -0.441 e. The van der Waals surface area contributed by atoms with E-state index < -0.39 is 10.0 Å². The standard InChI is InChI=1S/C23H18N4O5S2/c28-23(26-16-4-2-1-3-5-16)15-6-7-18-17(14-15)27-21(31-18)11-13-25-34(29,30)22-9-8-20(33-22)19-10-12-24-32-19/h1-10,12,14,25H,11,13H2,(H,26,28). The Bertz CT molecular complexity index is 1540. The third kappa shape index (κ3) is 4.76. The van der Waals surface area contributed by atoms with Crippen molar-refractivity contribution in [1.82, 2.24) is 14.9 Å². The lowest BCUT2D eigenvalue weighted by molar-refractivity contribution is 0.102. The number of hydrogen-bond donors (Lipinski definition) is 2. The van der Waals surface area contributed by atoms with Crippen LogP contribution in [0.1, 0.15) is 16.2 Å².